The molecule has 17 heavy (non-hydrogen) atoms. The third-order valence-electron chi connectivity index (χ3n) is 2.94. The number of rotatable bonds is 3. The Morgan fingerprint density at radius 2 is 2.06 bits per heavy atom. The van der Waals surface area contributed by atoms with Crippen molar-refractivity contribution in [1.29, 1.82) is 0 Å². The first-order valence-electron chi connectivity index (χ1n) is 5.86. The molecule has 0 unspecified atom stereocenters. The lowest BCUT2D eigenvalue weighted by molar-refractivity contribution is 0.410. The van der Waals surface area contributed by atoms with Gasteiger partial charge < -0.3 is 9.72 Å². The first-order valence-corrected chi connectivity index (χ1v) is 5.86. The van der Waals surface area contributed by atoms with Gasteiger partial charge in [0, 0.05) is 11.3 Å². The average molecular weight is 230 g/mol. The predicted octanol–water partition coefficient (Wildman–Crippen LogP) is 3.26. The van der Waals surface area contributed by atoms with E-state index < -0.39 is 0 Å². The van der Waals surface area contributed by atoms with Crippen molar-refractivity contribution < 1.29 is 4.74 Å². The molecule has 1 aromatic carbocycles. The summed E-state index contributed by atoms with van der Waals surface area (Å²) >= 11 is 0. The molecular weight excluding hydrogens is 212 g/mol. The largest absolute Gasteiger partial charge is 0.496 e. The number of hydrogen-bond acceptors (Lipinski definition) is 2. The lowest BCUT2D eigenvalue weighted by Crippen LogP contribution is -1.92. The molecule has 0 fully saturated rings. The van der Waals surface area contributed by atoms with Gasteiger partial charge in [0.1, 0.15) is 11.6 Å². The van der Waals surface area contributed by atoms with Gasteiger partial charge >= 0.3 is 0 Å². The van der Waals surface area contributed by atoms with Gasteiger partial charge in [-0.15, -0.1) is 0 Å². The first kappa shape index (κ1) is 11.7. The highest BCUT2D eigenvalue weighted by Crippen LogP contribution is 2.27. The molecule has 2 rings (SSSR count). The summed E-state index contributed by atoms with van der Waals surface area (Å²) in [7, 11) is 1.71. The summed E-state index contributed by atoms with van der Waals surface area (Å²) in [5, 5.41) is 0. The Balaban J connectivity index is 2.50. The molecule has 2 aromatic rings. The highest BCUT2D eigenvalue weighted by Gasteiger charge is 2.09. The number of methoxy groups -OCH3 is 1. The molecule has 0 saturated carbocycles. The molecule has 0 bridgehead atoms. The lowest BCUT2D eigenvalue weighted by atomic mass is 10.0. The van der Waals surface area contributed by atoms with Crippen LogP contribution >= 0.6 is 0 Å². The molecule has 1 N–H and O–H groups in total. The minimum absolute atomic E-state index is 0.946. The van der Waals surface area contributed by atoms with Gasteiger partial charge in [-0.2, -0.15) is 0 Å². The smallest absolute Gasteiger partial charge is 0.122 e. The minimum Gasteiger partial charge on any atom is -0.496 e. The van der Waals surface area contributed by atoms with E-state index in [1.54, 1.807) is 7.11 Å². The number of aromatic amines is 1. The fourth-order valence-corrected chi connectivity index (χ4v) is 2.09. The molecule has 0 saturated heterocycles. The number of aromatic nitrogens is 2. The van der Waals surface area contributed by atoms with Gasteiger partial charge in [0.15, 0.2) is 0 Å². The molecule has 3 heteroatoms. The Bertz CT molecular complexity index is 529. The molecular formula is C14H18N2O. The van der Waals surface area contributed by atoms with Crippen LogP contribution in [-0.2, 0) is 6.42 Å². The molecule has 0 atom stereocenters. The highest BCUT2D eigenvalue weighted by atomic mass is 16.5. The van der Waals surface area contributed by atoms with Gasteiger partial charge in [0.2, 0.25) is 0 Å². The molecule has 0 aliphatic rings. The van der Waals surface area contributed by atoms with Gasteiger partial charge in [-0.25, -0.2) is 4.98 Å². The predicted molar refractivity (Wildman–Crippen MR) is 69.4 cm³/mol. The third kappa shape index (κ3) is 2.18. The summed E-state index contributed by atoms with van der Waals surface area (Å²) in [5.74, 6) is 1.90. The van der Waals surface area contributed by atoms with E-state index >= 15 is 0 Å². The van der Waals surface area contributed by atoms with Crippen LogP contribution in [0.3, 0.4) is 0 Å². The van der Waals surface area contributed by atoms with E-state index in [0.717, 1.165) is 34.9 Å². The van der Waals surface area contributed by atoms with Crippen LogP contribution in [0.5, 0.6) is 5.75 Å². The van der Waals surface area contributed by atoms with E-state index in [-0.39, 0.29) is 0 Å². The number of imidazole rings is 1. The summed E-state index contributed by atoms with van der Waals surface area (Å²) in [6.45, 7) is 6.15. The van der Waals surface area contributed by atoms with E-state index in [1.165, 1.54) is 5.56 Å². The maximum Gasteiger partial charge on any atom is 0.122 e. The van der Waals surface area contributed by atoms with E-state index in [1.807, 2.05) is 19.9 Å². The highest BCUT2D eigenvalue weighted by molar-refractivity contribution is 5.64. The topological polar surface area (TPSA) is 37.9 Å². The molecule has 3 nitrogen and oxygen atoms in total. The monoisotopic (exact) mass is 230 g/mol. The van der Waals surface area contributed by atoms with Gasteiger partial charge in [-0.3, -0.25) is 0 Å². The zero-order valence-corrected chi connectivity index (χ0v) is 10.8. The van der Waals surface area contributed by atoms with Crippen molar-refractivity contribution in [3.8, 4) is 17.0 Å². The van der Waals surface area contributed by atoms with E-state index in [0.29, 0.717) is 0 Å². The average Bonchev–Trinajstić information content (AvgIpc) is 2.67. The van der Waals surface area contributed by atoms with Crippen molar-refractivity contribution in [2.24, 2.45) is 0 Å². The maximum absolute atomic E-state index is 5.33. The second-order valence-electron chi connectivity index (χ2n) is 4.18. The summed E-state index contributed by atoms with van der Waals surface area (Å²) in [5.41, 5.74) is 4.49. The van der Waals surface area contributed by atoms with Gasteiger partial charge in [-0.1, -0.05) is 6.92 Å². The molecule has 0 radical (unpaired) electrons. The summed E-state index contributed by atoms with van der Waals surface area (Å²) in [6.07, 6.45) is 0.958. The van der Waals surface area contributed by atoms with Crippen molar-refractivity contribution in [3.63, 3.8) is 0 Å². The van der Waals surface area contributed by atoms with Crippen molar-refractivity contribution in [1.82, 2.24) is 9.97 Å². The van der Waals surface area contributed by atoms with Crippen LogP contribution in [0.15, 0.2) is 18.2 Å². The SMILES string of the molecule is CCc1cc(-c2nc(C)[nH]c2C)ccc1OC. The van der Waals surface area contributed by atoms with Crippen molar-refractivity contribution in [2.45, 2.75) is 27.2 Å². The molecule has 0 aliphatic carbocycles. The quantitative estimate of drug-likeness (QED) is 0.878. The Hall–Kier alpha value is -1.77. The normalized spacial score (nSPS) is 10.6. The number of aryl methyl sites for hydroxylation is 3. The summed E-state index contributed by atoms with van der Waals surface area (Å²) < 4.78 is 5.33. The first-order chi connectivity index (χ1) is 8.15. The Labute approximate surface area is 102 Å². The number of H-pyrrole nitrogens is 1. The molecule has 1 aromatic heterocycles. The zero-order chi connectivity index (χ0) is 12.4. The molecule has 90 valence electrons. The number of hydrogen-bond donors (Lipinski definition) is 1. The Kier molecular flexibility index (Phi) is 3.18. The van der Waals surface area contributed by atoms with Gasteiger partial charge in [-0.05, 0) is 44.0 Å². The standard InChI is InChI=1S/C14H18N2O/c1-5-11-8-12(6-7-13(11)17-4)14-9(2)15-10(3)16-14/h6-8H,5H2,1-4H3,(H,15,16). The van der Waals surface area contributed by atoms with Crippen LogP contribution in [0.1, 0.15) is 24.0 Å². The number of nitrogens with one attached hydrogen (secondary N) is 1. The molecule has 0 aliphatic heterocycles. The van der Waals surface area contributed by atoms with Crippen molar-refractivity contribution in [3.05, 3.63) is 35.3 Å². The molecule has 0 amide bonds. The van der Waals surface area contributed by atoms with Crippen molar-refractivity contribution in [2.75, 3.05) is 7.11 Å². The fourth-order valence-electron chi connectivity index (χ4n) is 2.09. The second kappa shape index (κ2) is 4.62. The Morgan fingerprint density at radius 3 is 2.59 bits per heavy atom. The number of benzene rings is 1. The fraction of sp³-hybridized carbons (Fsp3) is 0.357. The van der Waals surface area contributed by atoms with Crippen LogP contribution in [-0.4, -0.2) is 17.1 Å². The number of ether oxygens (including phenoxy) is 1. The molecule has 1 heterocycles. The summed E-state index contributed by atoms with van der Waals surface area (Å²) in [4.78, 5) is 7.74. The minimum atomic E-state index is 0.946. The van der Waals surface area contributed by atoms with E-state index in [4.69, 9.17) is 4.74 Å². The number of nitrogens with zero attached hydrogens (tertiary/aromatic N) is 1. The molecule has 0 spiro atoms. The Morgan fingerprint density at radius 1 is 1.29 bits per heavy atom. The van der Waals surface area contributed by atoms with Gasteiger partial charge in [0.25, 0.3) is 0 Å². The van der Waals surface area contributed by atoms with Crippen LogP contribution in [0.2, 0.25) is 0 Å². The second-order valence-corrected chi connectivity index (χ2v) is 4.18. The van der Waals surface area contributed by atoms with Crippen LogP contribution in [0.4, 0.5) is 0 Å². The van der Waals surface area contributed by atoms with E-state index in [2.05, 4.69) is 29.0 Å². The maximum atomic E-state index is 5.33. The van der Waals surface area contributed by atoms with Gasteiger partial charge in [0.05, 0.1) is 12.8 Å². The lowest BCUT2D eigenvalue weighted by Gasteiger charge is -2.08. The van der Waals surface area contributed by atoms with Crippen LogP contribution in [0, 0.1) is 13.8 Å². The third-order valence-corrected chi connectivity index (χ3v) is 2.94. The zero-order valence-electron chi connectivity index (χ0n) is 10.8. The van der Waals surface area contributed by atoms with Crippen LogP contribution < -0.4 is 4.74 Å². The van der Waals surface area contributed by atoms with E-state index in [9.17, 15) is 0 Å². The van der Waals surface area contributed by atoms with Crippen molar-refractivity contribution >= 4 is 0 Å². The van der Waals surface area contributed by atoms with Crippen LogP contribution in [0.25, 0.3) is 11.3 Å². The summed E-state index contributed by atoms with van der Waals surface area (Å²) in [6, 6.07) is 6.22.